The summed E-state index contributed by atoms with van der Waals surface area (Å²) in [6.07, 6.45) is 10.5. The Bertz CT molecular complexity index is 142. The topological polar surface area (TPSA) is 12.0 Å². The average Bonchev–Trinajstić information content (AvgIpc) is 2.54. The van der Waals surface area contributed by atoms with Crippen molar-refractivity contribution in [3.8, 4) is 0 Å². The molecular formula is C12H23N. The maximum absolute atomic E-state index is 3.81. The summed E-state index contributed by atoms with van der Waals surface area (Å²) in [6, 6.07) is 0. The van der Waals surface area contributed by atoms with Gasteiger partial charge in [0.2, 0.25) is 0 Å². The molecule has 1 heteroatoms. The van der Waals surface area contributed by atoms with Crippen molar-refractivity contribution in [1.29, 1.82) is 0 Å². The quantitative estimate of drug-likeness (QED) is 0.490. The van der Waals surface area contributed by atoms with Gasteiger partial charge in [0.15, 0.2) is 0 Å². The van der Waals surface area contributed by atoms with Crippen LogP contribution in [-0.2, 0) is 0 Å². The van der Waals surface area contributed by atoms with Crippen LogP contribution in [0.2, 0.25) is 0 Å². The van der Waals surface area contributed by atoms with E-state index in [-0.39, 0.29) is 0 Å². The molecule has 2 unspecified atom stereocenters. The largest absolute Gasteiger partial charge is 0.320 e. The molecule has 1 aliphatic rings. The molecule has 0 radical (unpaired) electrons. The van der Waals surface area contributed by atoms with Gasteiger partial charge in [-0.1, -0.05) is 12.5 Å². The standard InChI is InChI=1S/C12H23N/c1-3-5-11-7-8-12(10-11)6-4-9-13-2/h3,11-13H,1,4-10H2,2H3. The van der Waals surface area contributed by atoms with Crippen LogP contribution in [-0.4, -0.2) is 13.6 Å². The van der Waals surface area contributed by atoms with Crippen LogP contribution < -0.4 is 5.32 Å². The lowest BCUT2D eigenvalue weighted by molar-refractivity contribution is 0.450. The first-order valence-electron chi connectivity index (χ1n) is 5.62. The third-order valence-electron chi connectivity index (χ3n) is 3.19. The second-order valence-electron chi connectivity index (χ2n) is 4.32. The van der Waals surface area contributed by atoms with Gasteiger partial charge >= 0.3 is 0 Å². The summed E-state index contributed by atoms with van der Waals surface area (Å²) in [5.41, 5.74) is 0. The van der Waals surface area contributed by atoms with E-state index in [0.717, 1.165) is 11.8 Å². The Kier molecular flexibility index (Phi) is 5.14. The molecule has 0 amide bonds. The van der Waals surface area contributed by atoms with Gasteiger partial charge in [-0.05, 0) is 57.5 Å². The first-order valence-corrected chi connectivity index (χ1v) is 5.62. The Morgan fingerprint density at radius 1 is 1.38 bits per heavy atom. The zero-order valence-electron chi connectivity index (χ0n) is 8.89. The molecule has 0 saturated heterocycles. The SMILES string of the molecule is C=CCC1CCC(CCCNC)C1. The Balaban J connectivity index is 2.06. The van der Waals surface area contributed by atoms with E-state index in [1.54, 1.807) is 0 Å². The average molecular weight is 181 g/mol. The first kappa shape index (κ1) is 10.8. The fourth-order valence-electron chi connectivity index (χ4n) is 2.46. The predicted octanol–water partition coefficient (Wildman–Crippen LogP) is 2.98. The number of hydrogen-bond donors (Lipinski definition) is 1. The summed E-state index contributed by atoms with van der Waals surface area (Å²) in [5.74, 6) is 1.97. The van der Waals surface area contributed by atoms with Crippen molar-refractivity contribution < 1.29 is 0 Å². The summed E-state index contributed by atoms with van der Waals surface area (Å²) < 4.78 is 0. The maximum Gasteiger partial charge on any atom is -0.00518 e. The van der Waals surface area contributed by atoms with E-state index in [1.165, 1.54) is 45.1 Å². The van der Waals surface area contributed by atoms with Crippen LogP contribution >= 0.6 is 0 Å². The van der Waals surface area contributed by atoms with Gasteiger partial charge in [-0.25, -0.2) is 0 Å². The highest BCUT2D eigenvalue weighted by molar-refractivity contribution is 4.81. The number of hydrogen-bond acceptors (Lipinski definition) is 1. The summed E-state index contributed by atoms with van der Waals surface area (Å²) >= 11 is 0. The molecule has 76 valence electrons. The van der Waals surface area contributed by atoms with Crippen LogP contribution in [0.5, 0.6) is 0 Å². The van der Waals surface area contributed by atoms with E-state index < -0.39 is 0 Å². The van der Waals surface area contributed by atoms with Crippen molar-refractivity contribution in [3.63, 3.8) is 0 Å². The minimum Gasteiger partial charge on any atom is -0.320 e. The minimum atomic E-state index is 0.956. The highest BCUT2D eigenvalue weighted by atomic mass is 14.8. The molecule has 0 aliphatic heterocycles. The lowest BCUT2D eigenvalue weighted by Gasteiger charge is -2.09. The monoisotopic (exact) mass is 181 g/mol. The van der Waals surface area contributed by atoms with Crippen molar-refractivity contribution in [2.45, 2.75) is 38.5 Å². The summed E-state index contributed by atoms with van der Waals surface area (Å²) in [4.78, 5) is 0. The van der Waals surface area contributed by atoms with Crippen molar-refractivity contribution in [2.24, 2.45) is 11.8 Å². The van der Waals surface area contributed by atoms with E-state index in [1.807, 2.05) is 7.05 Å². The van der Waals surface area contributed by atoms with Crippen LogP contribution in [0.3, 0.4) is 0 Å². The first-order chi connectivity index (χ1) is 6.36. The van der Waals surface area contributed by atoms with Gasteiger partial charge in [0, 0.05) is 0 Å². The molecule has 2 atom stereocenters. The molecule has 0 aromatic rings. The highest BCUT2D eigenvalue weighted by Crippen LogP contribution is 2.35. The summed E-state index contributed by atoms with van der Waals surface area (Å²) in [7, 11) is 2.04. The third-order valence-corrected chi connectivity index (χ3v) is 3.19. The van der Waals surface area contributed by atoms with Gasteiger partial charge in [-0.3, -0.25) is 0 Å². The lowest BCUT2D eigenvalue weighted by atomic mass is 9.98. The second kappa shape index (κ2) is 6.20. The third kappa shape index (κ3) is 3.95. The second-order valence-corrected chi connectivity index (χ2v) is 4.32. The molecular weight excluding hydrogens is 158 g/mol. The minimum absolute atomic E-state index is 0.956. The van der Waals surface area contributed by atoms with Crippen LogP contribution in [0.4, 0.5) is 0 Å². The fraction of sp³-hybridized carbons (Fsp3) is 0.833. The van der Waals surface area contributed by atoms with Gasteiger partial charge in [0.05, 0.1) is 0 Å². The van der Waals surface area contributed by atoms with Crippen molar-refractivity contribution >= 4 is 0 Å². The van der Waals surface area contributed by atoms with Crippen molar-refractivity contribution in [2.75, 3.05) is 13.6 Å². The molecule has 0 heterocycles. The van der Waals surface area contributed by atoms with Crippen LogP contribution in [0.15, 0.2) is 12.7 Å². The normalized spacial score (nSPS) is 27.8. The molecule has 0 aromatic heterocycles. The van der Waals surface area contributed by atoms with E-state index >= 15 is 0 Å². The van der Waals surface area contributed by atoms with Gasteiger partial charge in [-0.2, -0.15) is 0 Å². The van der Waals surface area contributed by atoms with E-state index in [4.69, 9.17) is 0 Å². The molecule has 1 N–H and O–H groups in total. The highest BCUT2D eigenvalue weighted by Gasteiger charge is 2.22. The van der Waals surface area contributed by atoms with Gasteiger partial charge in [0.1, 0.15) is 0 Å². The molecule has 1 aliphatic carbocycles. The van der Waals surface area contributed by atoms with Crippen molar-refractivity contribution in [3.05, 3.63) is 12.7 Å². The molecule has 1 fully saturated rings. The zero-order chi connectivity index (χ0) is 9.52. The van der Waals surface area contributed by atoms with Crippen LogP contribution in [0, 0.1) is 11.8 Å². The van der Waals surface area contributed by atoms with Gasteiger partial charge in [0.25, 0.3) is 0 Å². The Hall–Kier alpha value is -0.300. The van der Waals surface area contributed by atoms with Crippen LogP contribution in [0.1, 0.15) is 38.5 Å². The Labute approximate surface area is 82.6 Å². The van der Waals surface area contributed by atoms with Crippen molar-refractivity contribution in [1.82, 2.24) is 5.32 Å². The Morgan fingerprint density at radius 3 is 2.85 bits per heavy atom. The van der Waals surface area contributed by atoms with E-state index in [2.05, 4.69) is 18.0 Å². The molecule has 1 nitrogen and oxygen atoms in total. The predicted molar refractivity (Wildman–Crippen MR) is 58.8 cm³/mol. The smallest absolute Gasteiger partial charge is 0.00518 e. The molecule has 13 heavy (non-hydrogen) atoms. The molecule has 1 saturated carbocycles. The molecule has 0 bridgehead atoms. The molecule has 0 spiro atoms. The summed E-state index contributed by atoms with van der Waals surface area (Å²) in [5, 5.41) is 3.21. The van der Waals surface area contributed by atoms with Gasteiger partial charge in [-0.15, -0.1) is 6.58 Å². The number of allylic oxidation sites excluding steroid dienone is 1. The fourth-order valence-corrected chi connectivity index (χ4v) is 2.46. The van der Waals surface area contributed by atoms with E-state index in [0.29, 0.717) is 0 Å². The lowest BCUT2D eigenvalue weighted by Crippen LogP contribution is -2.09. The molecule has 1 rings (SSSR count). The van der Waals surface area contributed by atoms with Crippen LogP contribution in [0.25, 0.3) is 0 Å². The molecule has 0 aromatic carbocycles. The van der Waals surface area contributed by atoms with Gasteiger partial charge < -0.3 is 5.32 Å². The zero-order valence-corrected chi connectivity index (χ0v) is 8.89. The number of nitrogens with one attached hydrogen (secondary N) is 1. The summed E-state index contributed by atoms with van der Waals surface area (Å²) in [6.45, 7) is 5.00. The number of rotatable bonds is 6. The Morgan fingerprint density at radius 2 is 2.15 bits per heavy atom. The van der Waals surface area contributed by atoms with E-state index in [9.17, 15) is 0 Å². The maximum atomic E-state index is 3.81.